The Morgan fingerprint density at radius 2 is 1.71 bits per heavy atom. The van der Waals surface area contributed by atoms with Crippen molar-refractivity contribution in [3.8, 4) is 0 Å². The zero-order valence-corrected chi connectivity index (χ0v) is 13.3. The molecule has 4 heteroatoms. The van der Waals surface area contributed by atoms with Gasteiger partial charge in [0.1, 0.15) is 17.3 Å². The van der Waals surface area contributed by atoms with Crippen molar-refractivity contribution in [2.75, 3.05) is 18.5 Å². The van der Waals surface area contributed by atoms with E-state index in [1.807, 2.05) is 0 Å². The van der Waals surface area contributed by atoms with Crippen molar-refractivity contribution in [2.45, 2.75) is 52.0 Å². The lowest BCUT2D eigenvalue weighted by atomic mass is 9.75. The van der Waals surface area contributed by atoms with Crippen LogP contribution < -0.4 is 10.6 Å². The van der Waals surface area contributed by atoms with Crippen LogP contribution in [0.4, 0.5) is 14.5 Å². The van der Waals surface area contributed by atoms with E-state index < -0.39 is 11.6 Å². The van der Waals surface area contributed by atoms with Gasteiger partial charge in [-0.05, 0) is 61.8 Å². The summed E-state index contributed by atoms with van der Waals surface area (Å²) in [5, 5.41) is 0. The van der Waals surface area contributed by atoms with E-state index in [0.717, 1.165) is 25.7 Å². The van der Waals surface area contributed by atoms with E-state index in [4.69, 9.17) is 5.73 Å². The second-order valence-electron chi connectivity index (χ2n) is 6.95. The molecule has 0 aromatic heterocycles. The quantitative estimate of drug-likeness (QED) is 0.914. The van der Waals surface area contributed by atoms with Crippen molar-refractivity contribution < 1.29 is 8.78 Å². The maximum atomic E-state index is 14.3. The molecule has 2 rings (SSSR count). The molecule has 2 nitrogen and oxygen atoms in total. The highest BCUT2D eigenvalue weighted by atomic mass is 19.1. The van der Waals surface area contributed by atoms with Crippen LogP contribution >= 0.6 is 0 Å². The van der Waals surface area contributed by atoms with Gasteiger partial charge in [-0.25, -0.2) is 8.78 Å². The second kappa shape index (κ2) is 6.30. The topological polar surface area (TPSA) is 29.3 Å². The van der Waals surface area contributed by atoms with Crippen LogP contribution in [0.3, 0.4) is 0 Å². The van der Waals surface area contributed by atoms with E-state index in [1.54, 1.807) is 11.9 Å². The Balaban J connectivity index is 2.18. The first kappa shape index (κ1) is 16.2. The standard InChI is InChI=1S/C17H26F2N2/c1-17(2)7-4-13(5-8-17)21(3)16-14(18)10-12(6-9-20)11-15(16)19/h10-11,13H,4-9,20H2,1-3H3. The molecule has 1 saturated carbocycles. The molecule has 2 N–H and O–H groups in total. The van der Waals surface area contributed by atoms with Crippen LogP contribution in [0.1, 0.15) is 45.1 Å². The molecule has 0 aliphatic heterocycles. The van der Waals surface area contributed by atoms with E-state index in [9.17, 15) is 8.78 Å². The Bertz CT molecular complexity index is 467. The van der Waals surface area contributed by atoms with Gasteiger partial charge in [0.05, 0.1) is 0 Å². The lowest BCUT2D eigenvalue weighted by Gasteiger charge is -2.39. The van der Waals surface area contributed by atoms with Crippen LogP contribution in [0.15, 0.2) is 12.1 Å². The summed E-state index contributed by atoms with van der Waals surface area (Å²) in [7, 11) is 1.80. The van der Waals surface area contributed by atoms with Crippen LogP contribution in [0.2, 0.25) is 0 Å². The average molecular weight is 296 g/mol. The highest BCUT2D eigenvalue weighted by Gasteiger charge is 2.30. The van der Waals surface area contributed by atoms with E-state index in [1.165, 1.54) is 12.1 Å². The summed E-state index contributed by atoms with van der Waals surface area (Å²) < 4.78 is 28.5. The Morgan fingerprint density at radius 1 is 1.19 bits per heavy atom. The molecule has 0 amide bonds. The number of nitrogens with two attached hydrogens (primary N) is 1. The molecule has 21 heavy (non-hydrogen) atoms. The fraction of sp³-hybridized carbons (Fsp3) is 0.647. The molecule has 1 aliphatic carbocycles. The highest BCUT2D eigenvalue weighted by Crippen LogP contribution is 2.38. The zero-order chi connectivity index (χ0) is 15.6. The van der Waals surface area contributed by atoms with Crippen LogP contribution in [-0.2, 0) is 6.42 Å². The lowest BCUT2D eigenvalue weighted by molar-refractivity contribution is 0.222. The summed E-state index contributed by atoms with van der Waals surface area (Å²) >= 11 is 0. The summed E-state index contributed by atoms with van der Waals surface area (Å²) in [4.78, 5) is 1.78. The summed E-state index contributed by atoms with van der Waals surface area (Å²) in [5.74, 6) is -0.962. The fourth-order valence-electron chi connectivity index (χ4n) is 3.22. The molecular formula is C17H26F2N2. The third-order valence-electron chi connectivity index (χ3n) is 4.72. The van der Waals surface area contributed by atoms with Crippen molar-refractivity contribution >= 4 is 5.69 Å². The first-order valence-electron chi connectivity index (χ1n) is 7.75. The van der Waals surface area contributed by atoms with Crippen molar-refractivity contribution in [3.05, 3.63) is 29.3 Å². The third-order valence-corrected chi connectivity index (χ3v) is 4.72. The first-order chi connectivity index (χ1) is 9.84. The number of anilines is 1. The zero-order valence-electron chi connectivity index (χ0n) is 13.3. The van der Waals surface area contributed by atoms with Crippen molar-refractivity contribution in [2.24, 2.45) is 11.1 Å². The van der Waals surface area contributed by atoms with Gasteiger partial charge in [0.15, 0.2) is 0 Å². The van der Waals surface area contributed by atoms with E-state index in [-0.39, 0.29) is 11.7 Å². The van der Waals surface area contributed by atoms with Gasteiger partial charge in [-0.1, -0.05) is 13.8 Å². The molecule has 1 aromatic carbocycles. The van der Waals surface area contributed by atoms with Crippen molar-refractivity contribution in [1.82, 2.24) is 0 Å². The minimum Gasteiger partial charge on any atom is -0.367 e. The molecule has 0 atom stereocenters. The largest absolute Gasteiger partial charge is 0.367 e. The van der Waals surface area contributed by atoms with Gasteiger partial charge in [-0.2, -0.15) is 0 Å². The normalized spacial score (nSPS) is 18.8. The van der Waals surface area contributed by atoms with E-state index in [2.05, 4.69) is 13.8 Å². The minimum absolute atomic E-state index is 0.0977. The summed E-state index contributed by atoms with van der Waals surface area (Å²) in [6.45, 7) is 4.91. The Kier molecular flexibility index (Phi) is 4.87. The number of rotatable bonds is 4. The number of halogens is 2. The van der Waals surface area contributed by atoms with Gasteiger partial charge in [0, 0.05) is 13.1 Å². The number of nitrogens with zero attached hydrogens (tertiary/aromatic N) is 1. The van der Waals surface area contributed by atoms with Crippen LogP contribution in [0.5, 0.6) is 0 Å². The predicted molar refractivity (Wildman–Crippen MR) is 83.6 cm³/mol. The van der Waals surface area contributed by atoms with Gasteiger partial charge in [-0.3, -0.25) is 0 Å². The van der Waals surface area contributed by atoms with Crippen LogP contribution in [-0.4, -0.2) is 19.6 Å². The SMILES string of the molecule is CN(c1c(F)cc(CCN)cc1F)C1CCC(C)(C)CC1. The van der Waals surface area contributed by atoms with Crippen LogP contribution in [0, 0.1) is 17.0 Å². The fourth-order valence-corrected chi connectivity index (χ4v) is 3.22. The molecule has 0 bridgehead atoms. The van der Waals surface area contributed by atoms with Crippen molar-refractivity contribution in [1.29, 1.82) is 0 Å². The van der Waals surface area contributed by atoms with Crippen molar-refractivity contribution in [3.63, 3.8) is 0 Å². The molecule has 0 spiro atoms. The minimum atomic E-state index is -0.481. The molecule has 1 aromatic rings. The van der Waals surface area contributed by atoms with Gasteiger partial charge in [0.2, 0.25) is 0 Å². The average Bonchev–Trinajstić information content (AvgIpc) is 2.38. The van der Waals surface area contributed by atoms with Crippen LogP contribution in [0.25, 0.3) is 0 Å². The highest BCUT2D eigenvalue weighted by molar-refractivity contribution is 5.51. The number of hydrogen-bond acceptors (Lipinski definition) is 2. The Labute approximate surface area is 126 Å². The molecule has 1 fully saturated rings. The second-order valence-corrected chi connectivity index (χ2v) is 6.95. The molecule has 1 aliphatic rings. The maximum absolute atomic E-state index is 14.3. The Hall–Kier alpha value is -1.16. The van der Waals surface area contributed by atoms with E-state index in [0.29, 0.717) is 23.9 Å². The van der Waals surface area contributed by atoms with E-state index >= 15 is 0 Å². The molecule has 118 valence electrons. The predicted octanol–water partition coefficient (Wildman–Crippen LogP) is 3.87. The molecule has 0 heterocycles. The summed E-state index contributed by atoms with van der Waals surface area (Å²) in [6, 6.07) is 3.03. The smallest absolute Gasteiger partial charge is 0.149 e. The molecular weight excluding hydrogens is 270 g/mol. The number of benzene rings is 1. The number of hydrogen-bond donors (Lipinski definition) is 1. The summed E-state index contributed by atoms with van der Waals surface area (Å²) in [5.41, 5.74) is 6.51. The monoisotopic (exact) mass is 296 g/mol. The van der Waals surface area contributed by atoms with Gasteiger partial charge < -0.3 is 10.6 Å². The molecule has 0 unspecified atom stereocenters. The van der Waals surface area contributed by atoms with Gasteiger partial charge in [0.25, 0.3) is 0 Å². The first-order valence-corrected chi connectivity index (χ1v) is 7.75. The molecule has 0 saturated heterocycles. The summed E-state index contributed by atoms with van der Waals surface area (Å²) in [6.07, 6.45) is 4.64. The lowest BCUT2D eigenvalue weighted by Crippen LogP contribution is -2.38. The van der Waals surface area contributed by atoms with Gasteiger partial charge in [-0.15, -0.1) is 0 Å². The maximum Gasteiger partial charge on any atom is 0.149 e. The van der Waals surface area contributed by atoms with Gasteiger partial charge >= 0.3 is 0 Å². The molecule has 0 radical (unpaired) electrons. The Morgan fingerprint density at radius 3 is 2.19 bits per heavy atom. The third kappa shape index (κ3) is 3.73.